The number of carbonyl (C=O) groups excluding carboxylic acids is 2. The van der Waals surface area contributed by atoms with Crippen LogP contribution in [0.1, 0.15) is 24.2 Å². The lowest BCUT2D eigenvalue weighted by atomic mass is 10.1. The van der Waals surface area contributed by atoms with Crippen LogP contribution in [0.3, 0.4) is 0 Å². The van der Waals surface area contributed by atoms with Crippen molar-refractivity contribution in [1.29, 1.82) is 0 Å². The highest BCUT2D eigenvalue weighted by atomic mass is 35.5. The van der Waals surface area contributed by atoms with Crippen LogP contribution in [0.5, 0.6) is 0 Å². The Morgan fingerprint density at radius 3 is 2.62 bits per heavy atom. The molecule has 0 spiro atoms. The van der Waals surface area contributed by atoms with E-state index in [9.17, 15) is 9.59 Å². The number of nitrogens with zero attached hydrogens (tertiary/aromatic N) is 1. The monoisotopic (exact) mass is 237 g/mol. The van der Waals surface area contributed by atoms with E-state index in [1.165, 1.54) is 4.90 Å². The molecule has 1 aliphatic rings. The Balaban J connectivity index is 2.46. The zero-order valence-corrected chi connectivity index (χ0v) is 9.91. The molecule has 84 valence electrons. The molecule has 1 amide bonds. The molecule has 3 nitrogen and oxygen atoms in total. The minimum atomic E-state index is -0.460. The zero-order chi connectivity index (χ0) is 11.9. The van der Waals surface area contributed by atoms with Gasteiger partial charge in [0.1, 0.15) is 0 Å². The fraction of sp³-hybridized carbons (Fsp3) is 0.333. The van der Waals surface area contributed by atoms with Crippen LogP contribution in [0.4, 0.5) is 5.69 Å². The van der Waals surface area contributed by atoms with Crippen molar-refractivity contribution in [2.24, 2.45) is 5.92 Å². The van der Waals surface area contributed by atoms with Crippen molar-refractivity contribution in [1.82, 2.24) is 0 Å². The molecule has 0 bridgehead atoms. The largest absolute Gasteiger partial charge is 0.305 e. The third-order valence-electron chi connectivity index (χ3n) is 2.48. The van der Waals surface area contributed by atoms with Gasteiger partial charge in [0, 0.05) is 11.6 Å². The second-order valence-corrected chi connectivity index (χ2v) is 4.74. The number of ketones is 1. The van der Waals surface area contributed by atoms with E-state index >= 15 is 0 Å². The van der Waals surface area contributed by atoms with Crippen molar-refractivity contribution >= 4 is 29.0 Å². The lowest BCUT2D eigenvalue weighted by molar-refractivity contribution is -0.114. The number of benzene rings is 1. The summed E-state index contributed by atoms with van der Waals surface area (Å²) in [5, 5.41) is 0.478. The number of halogens is 1. The van der Waals surface area contributed by atoms with Crippen LogP contribution >= 0.6 is 11.6 Å². The molecule has 1 aliphatic heterocycles. The molecule has 0 radical (unpaired) electrons. The number of amides is 1. The summed E-state index contributed by atoms with van der Waals surface area (Å²) in [6.07, 6.45) is 0. The van der Waals surface area contributed by atoms with E-state index in [2.05, 4.69) is 0 Å². The quantitative estimate of drug-likeness (QED) is 0.742. The van der Waals surface area contributed by atoms with Crippen molar-refractivity contribution in [3.8, 4) is 0 Å². The van der Waals surface area contributed by atoms with Crippen LogP contribution in [0.15, 0.2) is 18.2 Å². The summed E-state index contributed by atoms with van der Waals surface area (Å²) < 4.78 is 0. The van der Waals surface area contributed by atoms with Crippen molar-refractivity contribution in [3.05, 3.63) is 28.8 Å². The average Bonchev–Trinajstić information content (AvgIpc) is 2.43. The Hall–Kier alpha value is -1.35. The van der Waals surface area contributed by atoms with Gasteiger partial charge in [0.25, 0.3) is 11.7 Å². The summed E-state index contributed by atoms with van der Waals surface area (Å²) in [5.41, 5.74) is 1.09. The smallest absolute Gasteiger partial charge is 0.299 e. The van der Waals surface area contributed by atoms with Crippen molar-refractivity contribution in [3.63, 3.8) is 0 Å². The fourth-order valence-corrected chi connectivity index (χ4v) is 1.99. The average molecular weight is 238 g/mol. The van der Waals surface area contributed by atoms with Gasteiger partial charge < -0.3 is 4.90 Å². The molecule has 0 aliphatic carbocycles. The van der Waals surface area contributed by atoms with E-state index in [-0.39, 0.29) is 0 Å². The SMILES string of the molecule is CC(C)CN1C(=O)C(=O)c2cc(Cl)ccc21. The highest BCUT2D eigenvalue weighted by molar-refractivity contribution is 6.52. The number of hydrogen-bond acceptors (Lipinski definition) is 2. The van der Waals surface area contributed by atoms with E-state index < -0.39 is 11.7 Å². The van der Waals surface area contributed by atoms with Crippen LogP contribution in [-0.4, -0.2) is 18.2 Å². The Morgan fingerprint density at radius 2 is 2.00 bits per heavy atom. The summed E-state index contributed by atoms with van der Waals surface area (Å²) in [6.45, 7) is 4.57. The Bertz CT molecular complexity index is 468. The normalized spacial score (nSPS) is 14.9. The van der Waals surface area contributed by atoms with Crippen molar-refractivity contribution in [2.75, 3.05) is 11.4 Å². The van der Waals surface area contributed by atoms with E-state index in [0.29, 0.717) is 28.7 Å². The molecule has 0 aromatic heterocycles. The van der Waals surface area contributed by atoms with Crippen LogP contribution in [0.25, 0.3) is 0 Å². The molecule has 0 unspecified atom stereocenters. The van der Waals surface area contributed by atoms with E-state index in [0.717, 1.165) is 0 Å². The maximum Gasteiger partial charge on any atom is 0.299 e. The molecule has 0 atom stereocenters. The maximum absolute atomic E-state index is 11.7. The minimum absolute atomic E-state index is 0.318. The predicted molar refractivity (Wildman–Crippen MR) is 63.0 cm³/mol. The molecule has 16 heavy (non-hydrogen) atoms. The Kier molecular flexibility index (Phi) is 2.72. The van der Waals surface area contributed by atoms with Gasteiger partial charge in [-0.25, -0.2) is 0 Å². The number of rotatable bonds is 2. The van der Waals surface area contributed by atoms with Crippen molar-refractivity contribution < 1.29 is 9.59 Å². The molecule has 0 saturated carbocycles. The second kappa shape index (κ2) is 3.91. The van der Waals surface area contributed by atoms with Gasteiger partial charge in [0.05, 0.1) is 11.3 Å². The van der Waals surface area contributed by atoms with E-state index in [1.807, 2.05) is 13.8 Å². The molecule has 0 saturated heterocycles. The topological polar surface area (TPSA) is 37.4 Å². The summed E-state index contributed by atoms with van der Waals surface area (Å²) in [5.74, 6) is -0.595. The summed E-state index contributed by atoms with van der Waals surface area (Å²) in [4.78, 5) is 25.0. The summed E-state index contributed by atoms with van der Waals surface area (Å²) in [6, 6.07) is 4.97. The van der Waals surface area contributed by atoms with Gasteiger partial charge in [0.2, 0.25) is 0 Å². The second-order valence-electron chi connectivity index (χ2n) is 4.30. The van der Waals surface area contributed by atoms with Gasteiger partial charge in [-0.15, -0.1) is 0 Å². The highest BCUT2D eigenvalue weighted by Crippen LogP contribution is 2.31. The van der Waals surface area contributed by atoms with Gasteiger partial charge in [0.15, 0.2) is 0 Å². The molecule has 1 aromatic rings. The highest BCUT2D eigenvalue weighted by Gasteiger charge is 2.35. The Labute approximate surface area is 99.0 Å². The fourth-order valence-electron chi connectivity index (χ4n) is 1.82. The Morgan fingerprint density at radius 1 is 1.31 bits per heavy atom. The molecule has 0 fully saturated rings. The number of Topliss-reactive ketones (excluding diaryl/α,β-unsaturated/α-hetero) is 1. The van der Waals surface area contributed by atoms with Crippen LogP contribution in [-0.2, 0) is 4.79 Å². The first-order valence-corrected chi connectivity index (χ1v) is 5.54. The van der Waals surface area contributed by atoms with Crippen LogP contribution in [0.2, 0.25) is 5.02 Å². The summed E-state index contributed by atoms with van der Waals surface area (Å²) in [7, 11) is 0. The molecular formula is C12H12ClNO2. The molecule has 4 heteroatoms. The van der Waals surface area contributed by atoms with E-state index in [4.69, 9.17) is 11.6 Å². The molecular weight excluding hydrogens is 226 g/mol. The number of anilines is 1. The molecule has 0 N–H and O–H groups in total. The van der Waals surface area contributed by atoms with Crippen molar-refractivity contribution in [2.45, 2.75) is 13.8 Å². The van der Waals surface area contributed by atoms with Gasteiger partial charge in [-0.2, -0.15) is 0 Å². The van der Waals surface area contributed by atoms with Crippen LogP contribution < -0.4 is 4.90 Å². The lowest BCUT2D eigenvalue weighted by Crippen LogP contribution is -2.32. The summed E-state index contributed by atoms with van der Waals surface area (Å²) >= 11 is 5.81. The first kappa shape index (κ1) is 11.1. The van der Waals surface area contributed by atoms with Gasteiger partial charge in [-0.1, -0.05) is 25.4 Å². The third kappa shape index (κ3) is 1.71. The first-order chi connectivity index (χ1) is 7.50. The number of fused-ring (bicyclic) bond motifs is 1. The standard InChI is InChI=1S/C12H12ClNO2/c1-7(2)6-14-10-4-3-8(13)5-9(10)11(15)12(14)16/h3-5,7H,6H2,1-2H3. The molecule has 1 heterocycles. The number of carbonyl (C=O) groups is 2. The lowest BCUT2D eigenvalue weighted by Gasteiger charge is -2.18. The minimum Gasteiger partial charge on any atom is -0.305 e. The predicted octanol–water partition coefficient (Wildman–Crippen LogP) is 2.53. The maximum atomic E-state index is 11.7. The first-order valence-electron chi connectivity index (χ1n) is 5.16. The van der Waals surface area contributed by atoms with Crippen LogP contribution in [0, 0.1) is 5.92 Å². The van der Waals surface area contributed by atoms with Gasteiger partial charge >= 0.3 is 0 Å². The zero-order valence-electron chi connectivity index (χ0n) is 9.16. The van der Waals surface area contributed by atoms with Gasteiger partial charge in [-0.05, 0) is 24.1 Å². The molecule has 2 rings (SSSR count). The third-order valence-corrected chi connectivity index (χ3v) is 2.72. The van der Waals surface area contributed by atoms with Gasteiger partial charge in [-0.3, -0.25) is 9.59 Å². The molecule has 1 aromatic carbocycles. The number of hydrogen-bond donors (Lipinski definition) is 0. The van der Waals surface area contributed by atoms with E-state index in [1.54, 1.807) is 18.2 Å².